The predicted molar refractivity (Wildman–Crippen MR) is 99.6 cm³/mol. The number of hydrogen-bond donors (Lipinski definition) is 2. The van der Waals surface area contributed by atoms with Crippen LogP contribution in [0.25, 0.3) is 0 Å². The summed E-state index contributed by atoms with van der Waals surface area (Å²) in [6, 6.07) is 14.9. The normalized spacial score (nSPS) is 13.5. The van der Waals surface area contributed by atoms with Crippen molar-refractivity contribution in [2.24, 2.45) is 0 Å². The van der Waals surface area contributed by atoms with E-state index >= 15 is 0 Å². The van der Waals surface area contributed by atoms with Gasteiger partial charge in [-0.1, -0.05) is 54.4 Å². The summed E-state index contributed by atoms with van der Waals surface area (Å²) in [6.07, 6.45) is 0.443. The Labute approximate surface area is 145 Å². The second-order valence-electron chi connectivity index (χ2n) is 6.51. The van der Waals surface area contributed by atoms with Crippen LogP contribution in [0.3, 0.4) is 0 Å². The van der Waals surface area contributed by atoms with Gasteiger partial charge in [-0.2, -0.15) is 0 Å². The van der Waals surface area contributed by atoms with Crippen molar-refractivity contribution in [1.82, 2.24) is 5.32 Å². The first-order chi connectivity index (χ1) is 11.5. The van der Waals surface area contributed by atoms with E-state index in [4.69, 9.17) is 4.74 Å². The zero-order chi connectivity index (χ0) is 17.5. The summed E-state index contributed by atoms with van der Waals surface area (Å²) < 4.78 is 5.75. The minimum absolute atomic E-state index is 0.251. The van der Waals surface area contributed by atoms with Gasteiger partial charge in [-0.05, 0) is 44.4 Å². The SMILES string of the molecule is CCC(NCC(O)COc1ccc(C)cc1C)c1ccc(C)cc1. The predicted octanol–water partition coefficient (Wildman–Crippen LogP) is 4.09. The molecule has 2 N–H and O–H groups in total. The summed E-state index contributed by atoms with van der Waals surface area (Å²) >= 11 is 0. The molecule has 0 saturated carbocycles. The lowest BCUT2D eigenvalue weighted by atomic mass is 10.0. The van der Waals surface area contributed by atoms with Crippen LogP contribution in [-0.2, 0) is 0 Å². The molecular formula is C21H29NO2. The standard InChI is InChI=1S/C21H29NO2/c1-5-20(18-9-6-15(2)7-10-18)22-13-19(23)14-24-21-11-8-16(3)12-17(21)4/h6-12,19-20,22-23H,5,13-14H2,1-4H3. The smallest absolute Gasteiger partial charge is 0.122 e. The summed E-state index contributed by atoms with van der Waals surface area (Å²) in [5, 5.41) is 13.6. The lowest BCUT2D eigenvalue weighted by molar-refractivity contribution is 0.103. The molecule has 0 aliphatic rings. The van der Waals surface area contributed by atoms with Gasteiger partial charge in [-0.15, -0.1) is 0 Å². The number of aliphatic hydroxyl groups is 1. The van der Waals surface area contributed by atoms with E-state index in [0.717, 1.165) is 17.7 Å². The highest BCUT2D eigenvalue weighted by atomic mass is 16.5. The second kappa shape index (κ2) is 8.86. The van der Waals surface area contributed by atoms with Crippen LogP contribution in [0.4, 0.5) is 0 Å². The molecule has 0 aliphatic heterocycles. The number of nitrogens with one attached hydrogen (secondary N) is 1. The van der Waals surface area contributed by atoms with Gasteiger partial charge in [0.15, 0.2) is 0 Å². The van der Waals surface area contributed by atoms with E-state index in [1.807, 2.05) is 19.1 Å². The first-order valence-corrected chi connectivity index (χ1v) is 8.67. The Bertz CT molecular complexity index is 637. The summed E-state index contributed by atoms with van der Waals surface area (Å²) in [7, 11) is 0. The molecule has 0 aliphatic carbocycles. The molecular weight excluding hydrogens is 298 g/mol. The summed E-state index contributed by atoms with van der Waals surface area (Å²) in [5.41, 5.74) is 4.83. The first-order valence-electron chi connectivity index (χ1n) is 8.67. The van der Waals surface area contributed by atoms with E-state index in [1.54, 1.807) is 0 Å². The van der Waals surface area contributed by atoms with Crippen molar-refractivity contribution in [1.29, 1.82) is 0 Å². The van der Waals surface area contributed by atoms with Crippen LogP contribution in [0.15, 0.2) is 42.5 Å². The van der Waals surface area contributed by atoms with E-state index in [2.05, 4.69) is 56.4 Å². The van der Waals surface area contributed by atoms with Crippen molar-refractivity contribution in [2.45, 2.75) is 46.3 Å². The van der Waals surface area contributed by atoms with Crippen LogP contribution in [0.1, 0.15) is 41.6 Å². The van der Waals surface area contributed by atoms with E-state index in [1.165, 1.54) is 16.7 Å². The van der Waals surface area contributed by atoms with Crippen LogP contribution >= 0.6 is 0 Å². The van der Waals surface area contributed by atoms with Crippen molar-refractivity contribution < 1.29 is 9.84 Å². The van der Waals surface area contributed by atoms with Crippen molar-refractivity contribution in [3.8, 4) is 5.75 Å². The maximum absolute atomic E-state index is 10.2. The third-order valence-electron chi connectivity index (χ3n) is 4.25. The quantitative estimate of drug-likeness (QED) is 0.767. The number of aryl methyl sites for hydroxylation is 3. The molecule has 3 nitrogen and oxygen atoms in total. The monoisotopic (exact) mass is 327 g/mol. The van der Waals surface area contributed by atoms with Gasteiger partial charge in [0.05, 0.1) is 0 Å². The maximum Gasteiger partial charge on any atom is 0.122 e. The van der Waals surface area contributed by atoms with Gasteiger partial charge in [0, 0.05) is 12.6 Å². The summed E-state index contributed by atoms with van der Waals surface area (Å²) in [5.74, 6) is 0.838. The molecule has 0 radical (unpaired) electrons. The Morgan fingerprint density at radius 1 is 1.00 bits per heavy atom. The van der Waals surface area contributed by atoms with Crippen molar-refractivity contribution in [2.75, 3.05) is 13.2 Å². The molecule has 130 valence electrons. The number of ether oxygens (including phenoxy) is 1. The van der Waals surface area contributed by atoms with E-state index in [9.17, 15) is 5.11 Å². The van der Waals surface area contributed by atoms with Crippen molar-refractivity contribution in [3.63, 3.8) is 0 Å². The van der Waals surface area contributed by atoms with Gasteiger partial charge in [0.2, 0.25) is 0 Å². The molecule has 0 heterocycles. The van der Waals surface area contributed by atoms with Crippen LogP contribution in [-0.4, -0.2) is 24.4 Å². The first kappa shape index (κ1) is 18.5. The van der Waals surface area contributed by atoms with Crippen molar-refractivity contribution >= 4 is 0 Å². The average molecular weight is 327 g/mol. The Balaban J connectivity index is 1.83. The van der Waals surface area contributed by atoms with Gasteiger partial charge in [0.25, 0.3) is 0 Å². The lowest BCUT2D eigenvalue weighted by Gasteiger charge is -2.20. The topological polar surface area (TPSA) is 41.5 Å². The molecule has 2 unspecified atom stereocenters. The Hall–Kier alpha value is -1.84. The molecule has 0 fully saturated rings. The molecule has 3 heteroatoms. The molecule has 24 heavy (non-hydrogen) atoms. The fourth-order valence-corrected chi connectivity index (χ4v) is 2.78. The molecule has 0 spiro atoms. The van der Waals surface area contributed by atoms with Crippen LogP contribution < -0.4 is 10.1 Å². The van der Waals surface area contributed by atoms with Crippen LogP contribution in [0.2, 0.25) is 0 Å². The zero-order valence-electron chi connectivity index (χ0n) is 15.2. The average Bonchev–Trinajstić information content (AvgIpc) is 2.56. The maximum atomic E-state index is 10.2. The fraction of sp³-hybridized carbons (Fsp3) is 0.429. The minimum Gasteiger partial charge on any atom is -0.491 e. The van der Waals surface area contributed by atoms with Gasteiger partial charge in [-0.3, -0.25) is 0 Å². The highest BCUT2D eigenvalue weighted by Crippen LogP contribution is 2.19. The highest BCUT2D eigenvalue weighted by Gasteiger charge is 2.12. The van der Waals surface area contributed by atoms with Crippen LogP contribution in [0, 0.1) is 20.8 Å². The number of hydrogen-bond acceptors (Lipinski definition) is 3. The highest BCUT2D eigenvalue weighted by molar-refractivity contribution is 5.35. The van der Waals surface area contributed by atoms with Crippen molar-refractivity contribution in [3.05, 3.63) is 64.7 Å². The fourth-order valence-electron chi connectivity index (χ4n) is 2.78. The second-order valence-corrected chi connectivity index (χ2v) is 6.51. The Morgan fingerprint density at radius 2 is 1.67 bits per heavy atom. The molecule has 2 aromatic carbocycles. The lowest BCUT2D eigenvalue weighted by Crippen LogP contribution is -2.33. The largest absolute Gasteiger partial charge is 0.491 e. The van der Waals surface area contributed by atoms with E-state index in [-0.39, 0.29) is 6.04 Å². The van der Waals surface area contributed by atoms with E-state index in [0.29, 0.717) is 13.2 Å². The molecule has 2 rings (SSSR count). The molecule has 0 amide bonds. The minimum atomic E-state index is -0.537. The van der Waals surface area contributed by atoms with E-state index < -0.39 is 6.10 Å². The van der Waals surface area contributed by atoms with Gasteiger partial charge in [0.1, 0.15) is 18.5 Å². The number of benzene rings is 2. The Morgan fingerprint density at radius 3 is 2.29 bits per heavy atom. The number of aliphatic hydroxyl groups excluding tert-OH is 1. The summed E-state index contributed by atoms with van der Waals surface area (Å²) in [4.78, 5) is 0. The third kappa shape index (κ3) is 5.36. The molecule has 0 saturated heterocycles. The van der Waals surface area contributed by atoms with Gasteiger partial charge >= 0.3 is 0 Å². The number of rotatable bonds is 8. The van der Waals surface area contributed by atoms with Crippen LogP contribution in [0.5, 0.6) is 5.75 Å². The third-order valence-corrected chi connectivity index (χ3v) is 4.25. The molecule has 2 aromatic rings. The van der Waals surface area contributed by atoms with Gasteiger partial charge in [-0.25, -0.2) is 0 Å². The molecule has 0 bridgehead atoms. The Kier molecular flexibility index (Phi) is 6.83. The zero-order valence-corrected chi connectivity index (χ0v) is 15.2. The molecule has 2 atom stereocenters. The van der Waals surface area contributed by atoms with Gasteiger partial charge < -0.3 is 15.2 Å². The summed E-state index contributed by atoms with van der Waals surface area (Å²) in [6.45, 7) is 9.13. The molecule has 0 aromatic heterocycles.